The molecule has 0 aliphatic heterocycles. The van der Waals surface area contributed by atoms with E-state index in [4.69, 9.17) is 0 Å². The van der Waals surface area contributed by atoms with Crippen LogP contribution in [0.1, 0.15) is 28.8 Å². The summed E-state index contributed by atoms with van der Waals surface area (Å²) in [5, 5.41) is 0. The average Bonchev–Trinajstić information content (AvgIpc) is 2.14. The SMILES string of the molecule is O=C1CCCc2c(Br)cc(Br)c(Br)c21. The second-order valence-corrected chi connectivity index (χ2v) is 5.79. The van der Waals surface area contributed by atoms with Crippen molar-refractivity contribution in [2.75, 3.05) is 0 Å². The van der Waals surface area contributed by atoms with Crippen LogP contribution in [0.2, 0.25) is 0 Å². The van der Waals surface area contributed by atoms with Crippen LogP contribution < -0.4 is 0 Å². The van der Waals surface area contributed by atoms with Crippen molar-refractivity contribution >= 4 is 53.6 Å². The lowest BCUT2D eigenvalue weighted by molar-refractivity contribution is 0.0971. The molecule has 0 amide bonds. The zero-order valence-corrected chi connectivity index (χ0v) is 12.0. The molecule has 1 aliphatic carbocycles. The first-order valence-electron chi connectivity index (χ1n) is 4.31. The summed E-state index contributed by atoms with van der Waals surface area (Å²) in [7, 11) is 0. The molecule has 1 aromatic carbocycles. The Balaban J connectivity index is 2.73. The van der Waals surface area contributed by atoms with Crippen molar-refractivity contribution in [2.45, 2.75) is 19.3 Å². The first-order valence-corrected chi connectivity index (χ1v) is 6.68. The van der Waals surface area contributed by atoms with Crippen LogP contribution in [0.3, 0.4) is 0 Å². The molecule has 14 heavy (non-hydrogen) atoms. The van der Waals surface area contributed by atoms with Gasteiger partial charge in [0.05, 0.1) is 0 Å². The fourth-order valence-electron chi connectivity index (χ4n) is 1.72. The van der Waals surface area contributed by atoms with Gasteiger partial charge < -0.3 is 0 Å². The highest BCUT2D eigenvalue weighted by Crippen LogP contribution is 2.38. The summed E-state index contributed by atoms with van der Waals surface area (Å²) in [5.41, 5.74) is 1.98. The summed E-state index contributed by atoms with van der Waals surface area (Å²) in [6.45, 7) is 0. The maximum atomic E-state index is 11.7. The fraction of sp³-hybridized carbons (Fsp3) is 0.300. The van der Waals surface area contributed by atoms with Crippen molar-refractivity contribution < 1.29 is 4.79 Å². The second kappa shape index (κ2) is 4.06. The van der Waals surface area contributed by atoms with Gasteiger partial charge in [-0.05, 0) is 56.3 Å². The van der Waals surface area contributed by atoms with Gasteiger partial charge in [-0.15, -0.1) is 0 Å². The molecule has 1 aromatic rings. The van der Waals surface area contributed by atoms with Crippen LogP contribution in [0.4, 0.5) is 0 Å². The molecule has 4 heteroatoms. The number of fused-ring (bicyclic) bond motifs is 1. The maximum Gasteiger partial charge on any atom is 0.164 e. The summed E-state index contributed by atoms with van der Waals surface area (Å²) in [5.74, 6) is 0.236. The van der Waals surface area contributed by atoms with Crippen LogP contribution in [0.5, 0.6) is 0 Å². The van der Waals surface area contributed by atoms with Crippen molar-refractivity contribution in [1.29, 1.82) is 0 Å². The highest BCUT2D eigenvalue weighted by Gasteiger charge is 2.23. The van der Waals surface area contributed by atoms with Crippen LogP contribution in [0, 0.1) is 0 Å². The number of carbonyl (C=O) groups excluding carboxylic acids is 1. The third kappa shape index (κ3) is 1.72. The predicted molar refractivity (Wildman–Crippen MR) is 66.8 cm³/mol. The van der Waals surface area contributed by atoms with Crippen LogP contribution in [0.25, 0.3) is 0 Å². The third-order valence-corrected chi connectivity index (χ3v) is 5.07. The predicted octanol–water partition coefficient (Wildman–Crippen LogP) is 4.49. The molecule has 0 aromatic heterocycles. The number of Topliss-reactive ketones (excluding diaryl/α,β-unsaturated/α-hetero) is 1. The van der Waals surface area contributed by atoms with E-state index >= 15 is 0 Å². The summed E-state index contributed by atoms with van der Waals surface area (Å²) in [4.78, 5) is 11.7. The van der Waals surface area contributed by atoms with E-state index in [9.17, 15) is 4.79 Å². The van der Waals surface area contributed by atoms with Gasteiger partial charge >= 0.3 is 0 Å². The molecule has 74 valence electrons. The second-order valence-electron chi connectivity index (χ2n) is 3.28. The number of rotatable bonds is 0. The lowest BCUT2D eigenvalue weighted by atomic mass is 9.91. The molecule has 0 spiro atoms. The molecule has 1 nitrogen and oxygen atoms in total. The quantitative estimate of drug-likeness (QED) is 0.604. The van der Waals surface area contributed by atoms with Gasteiger partial charge in [-0.25, -0.2) is 0 Å². The van der Waals surface area contributed by atoms with E-state index < -0.39 is 0 Å². The molecule has 0 saturated carbocycles. The van der Waals surface area contributed by atoms with E-state index in [2.05, 4.69) is 47.8 Å². The summed E-state index contributed by atoms with van der Waals surface area (Å²) < 4.78 is 2.84. The minimum Gasteiger partial charge on any atom is -0.294 e. The Labute approximate surface area is 108 Å². The molecule has 0 atom stereocenters. The number of halogens is 3. The van der Waals surface area contributed by atoms with Crippen LogP contribution in [-0.4, -0.2) is 5.78 Å². The molecule has 0 fully saturated rings. The van der Waals surface area contributed by atoms with Crippen molar-refractivity contribution in [2.24, 2.45) is 0 Å². The van der Waals surface area contributed by atoms with Crippen LogP contribution in [-0.2, 0) is 6.42 Å². The summed E-state index contributed by atoms with van der Waals surface area (Å²) in [6.07, 6.45) is 2.60. The van der Waals surface area contributed by atoms with Crippen molar-refractivity contribution in [3.05, 3.63) is 30.6 Å². The monoisotopic (exact) mass is 380 g/mol. The van der Waals surface area contributed by atoms with E-state index in [1.807, 2.05) is 6.07 Å². The molecule has 0 unspecified atom stereocenters. The molecule has 1 aliphatic rings. The highest BCUT2D eigenvalue weighted by atomic mass is 79.9. The zero-order chi connectivity index (χ0) is 10.3. The number of ketones is 1. The normalized spacial score (nSPS) is 15.5. The first-order chi connectivity index (χ1) is 6.61. The van der Waals surface area contributed by atoms with E-state index in [1.165, 1.54) is 0 Å². The van der Waals surface area contributed by atoms with Crippen molar-refractivity contribution in [1.82, 2.24) is 0 Å². The lowest BCUT2D eigenvalue weighted by Crippen LogP contribution is -2.12. The minimum atomic E-state index is 0.236. The maximum absolute atomic E-state index is 11.7. The van der Waals surface area contributed by atoms with Gasteiger partial charge in [0.15, 0.2) is 5.78 Å². The van der Waals surface area contributed by atoms with E-state index in [1.54, 1.807) is 0 Å². The molecule has 0 bridgehead atoms. The smallest absolute Gasteiger partial charge is 0.164 e. The lowest BCUT2D eigenvalue weighted by Gasteiger charge is -2.18. The van der Waals surface area contributed by atoms with Crippen LogP contribution in [0.15, 0.2) is 19.5 Å². The Kier molecular flexibility index (Phi) is 3.15. The Morgan fingerprint density at radius 2 is 1.79 bits per heavy atom. The topological polar surface area (TPSA) is 17.1 Å². The van der Waals surface area contributed by atoms with E-state index in [-0.39, 0.29) is 5.78 Å². The van der Waals surface area contributed by atoms with E-state index in [0.717, 1.165) is 37.4 Å². The van der Waals surface area contributed by atoms with Gasteiger partial charge in [0.25, 0.3) is 0 Å². The van der Waals surface area contributed by atoms with Crippen LogP contribution >= 0.6 is 47.8 Å². The fourth-order valence-corrected chi connectivity index (χ4v) is 3.65. The number of carbonyl (C=O) groups is 1. The standard InChI is InChI=1S/C10H7Br3O/c11-6-4-7(12)10(13)9-5(6)2-1-3-8(9)14/h4H,1-3H2. The van der Waals surface area contributed by atoms with Gasteiger partial charge in [0.2, 0.25) is 0 Å². The average molecular weight is 383 g/mol. The number of hydrogen-bond acceptors (Lipinski definition) is 1. The molecular formula is C10H7Br3O. The Morgan fingerprint density at radius 1 is 1.07 bits per heavy atom. The van der Waals surface area contributed by atoms with E-state index in [0.29, 0.717) is 6.42 Å². The molecule has 0 saturated heterocycles. The molecule has 0 heterocycles. The summed E-state index contributed by atoms with van der Waals surface area (Å²) in [6, 6.07) is 1.99. The summed E-state index contributed by atoms with van der Waals surface area (Å²) >= 11 is 10.4. The minimum absolute atomic E-state index is 0.236. The van der Waals surface area contributed by atoms with Crippen molar-refractivity contribution in [3.63, 3.8) is 0 Å². The Morgan fingerprint density at radius 3 is 2.50 bits per heavy atom. The van der Waals surface area contributed by atoms with Gasteiger partial charge in [-0.3, -0.25) is 4.79 Å². The molecule has 0 N–H and O–H groups in total. The third-order valence-electron chi connectivity index (χ3n) is 2.38. The van der Waals surface area contributed by atoms with Gasteiger partial charge in [-0.1, -0.05) is 15.9 Å². The molecule has 2 rings (SSSR count). The number of benzene rings is 1. The molecule has 0 radical (unpaired) electrons. The van der Waals surface area contributed by atoms with Crippen molar-refractivity contribution in [3.8, 4) is 0 Å². The van der Waals surface area contributed by atoms with Gasteiger partial charge in [0, 0.05) is 25.4 Å². The van der Waals surface area contributed by atoms with Gasteiger partial charge in [-0.2, -0.15) is 0 Å². The Hall–Kier alpha value is 0.330. The van der Waals surface area contributed by atoms with Gasteiger partial charge in [0.1, 0.15) is 0 Å². The Bertz CT molecular complexity index is 412. The highest BCUT2D eigenvalue weighted by molar-refractivity contribution is 9.13. The number of hydrogen-bond donors (Lipinski definition) is 0. The first kappa shape index (κ1) is 10.8. The zero-order valence-electron chi connectivity index (χ0n) is 7.24. The largest absolute Gasteiger partial charge is 0.294 e. The molecular weight excluding hydrogens is 376 g/mol.